The molecule has 0 unspecified atom stereocenters. The summed E-state index contributed by atoms with van der Waals surface area (Å²) >= 11 is 4.25. The third-order valence-electron chi connectivity index (χ3n) is 0.173. The van der Waals surface area contributed by atoms with Gasteiger partial charge in [0, 0.05) is 7.05 Å². The van der Waals surface area contributed by atoms with Crippen LogP contribution in [0.5, 0.6) is 0 Å². The normalized spacial score (nSPS) is 7.50. The first kappa shape index (κ1) is 5.65. The highest BCUT2D eigenvalue weighted by atomic mass is 32.1. The van der Waals surface area contributed by atoms with Crippen molar-refractivity contribution in [3.8, 4) is 0 Å². The molecule has 0 rings (SSSR count). The van der Waals surface area contributed by atoms with Crippen LogP contribution < -0.4 is 11.2 Å². The zero-order valence-electron chi connectivity index (χ0n) is 3.10. The van der Waals surface area contributed by atoms with Crippen LogP contribution in [0.1, 0.15) is 0 Å². The van der Waals surface area contributed by atoms with Crippen molar-refractivity contribution >= 4 is 17.4 Å². The van der Waals surface area contributed by atoms with Crippen molar-refractivity contribution < 1.29 is 4.84 Å². The maximum atomic E-state index is 4.81. The monoisotopic (exact) mass is 105 g/mol. The summed E-state index contributed by atoms with van der Waals surface area (Å²) in [5.74, 6) is 0. The van der Waals surface area contributed by atoms with Crippen molar-refractivity contribution in [2.45, 2.75) is 0 Å². The Labute approximate surface area is 41.4 Å². The minimum absolute atomic E-state index is 0.0509. The predicted molar refractivity (Wildman–Crippen MR) is 26.4 cm³/mol. The fraction of sp³-hybridized carbons (Fsp3) is 0. The van der Waals surface area contributed by atoms with Crippen LogP contribution in [-0.2, 0) is 4.84 Å². The highest BCUT2D eigenvalue weighted by molar-refractivity contribution is 7.79. The molecule has 0 saturated heterocycles. The molecule has 6 heavy (non-hydrogen) atoms. The first-order chi connectivity index (χ1) is 2.77. The molecule has 3 N–H and O–H groups in total. The Morgan fingerprint density at radius 2 is 2.50 bits per heavy atom. The molecule has 0 amide bonds. The molecule has 0 atom stereocenters. The number of nitrogens with two attached hydrogens (primary N) is 1. The van der Waals surface area contributed by atoms with E-state index in [2.05, 4.69) is 29.6 Å². The predicted octanol–water partition coefficient (Wildman–Crippen LogP) is -0.457. The maximum absolute atomic E-state index is 4.81. The fourth-order valence-electron chi connectivity index (χ4n) is 0.0711. The number of rotatable bonds is 1. The van der Waals surface area contributed by atoms with Crippen molar-refractivity contribution in [2.75, 3.05) is 0 Å². The van der Waals surface area contributed by atoms with Gasteiger partial charge in [-0.3, -0.25) is 0 Å². The second-order valence-electron chi connectivity index (χ2n) is 0.565. The largest absolute Gasteiger partial charge is 0.379 e. The summed E-state index contributed by atoms with van der Waals surface area (Å²) in [6, 6.07) is 0. The van der Waals surface area contributed by atoms with Gasteiger partial charge in [-0.2, -0.15) is 5.48 Å². The molecule has 4 heteroatoms. The van der Waals surface area contributed by atoms with E-state index >= 15 is 0 Å². The van der Waals surface area contributed by atoms with Crippen molar-refractivity contribution in [3.05, 3.63) is 7.05 Å². The van der Waals surface area contributed by atoms with Gasteiger partial charge >= 0.3 is 0 Å². The Hall–Kier alpha value is -0.350. The first-order valence-corrected chi connectivity index (χ1v) is 1.66. The van der Waals surface area contributed by atoms with Crippen LogP contribution in [0.15, 0.2) is 0 Å². The van der Waals surface area contributed by atoms with Gasteiger partial charge in [0.05, 0.1) is 0 Å². The standard InChI is InChI=1S/C2H5N2OS/c1-4-5-2(3)6/h4H,1H2,(H2,3,6). The molecule has 0 aromatic carbocycles. The van der Waals surface area contributed by atoms with E-state index in [1.165, 1.54) is 0 Å². The molecule has 0 spiro atoms. The highest BCUT2D eigenvalue weighted by Gasteiger charge is 1.76. The molecule has 0 fully saturated rings. The van der Waals surface area contributed by atoms with E-state index < -0.39 is 0 Å². The van der Waals surface area contributed by atoms with Crippen LogP contribution in [0.3, 0.4) is 0 Å². The molecule has 0 heterocycles. The molecule has 0 saturated carbocycles. The zero-order valence-corrected chi connectivity index (χ0v) is 3.92. The average molecular weight is 105 g/mol. The first-order valence-electron chi connectivity index (χ1n) is 1.25. The number of hydrogen-bond donors (Lipinski definition) is 2. The van der Waals surface area contributed by atoms with E-state index in [4.69, 9.17) is 5.73 Å². The summed E-state index contributed by atoms with van der Waals surface area (Å²) < 4.78 is 0. The lowest BCUT2D eigenvalue weighted by atomic mass is 11.3. The molecule has 1 radical (unpaired) electrons. The Kier molecular flexibility index (Phi) is 2.70. The number of hydroxylamine groups is 1. The Morgan fingerprint density at radius 3 is 2.50 bits per heavy atom. The lowest BCUT2D eigenvalue weighted by Gasteiger charge is -1.93. The van der Waals surface area contributed by atoms with Crippen LogP contribution >= 0.6 is 12.2 Å². The number of nitrogens with one attached hydrogen (secondary N) is 1. The fourth-order valence-corrected chi connectivity index (χ4v) is 0.130. The van der Waals surface area contributed by atoms with Crippen LogP contribution in [0.25, 0.3) is 0 Å². The molecule has 0 aliphatic heterocycles. The minimum Gasteiger partial charge on any atom is -0.379 e. The van der Waals surface area contributed by atoms with Gasteiger partial charge in [-0.15, -0.1) is 0 Å². The minimum atomic E-state index is -0.0509. The molecule has 3 nitrogen and oxygen atoms in total. The summed E-state index contributed by atoms with van der Waals surface area (Å²) in [6.07, 6.45) is 0. The number of thiocarbonyl (C=S) groups is 1. The van der Waals surface area contributed by atoms with E-state index in [0.717, 1.165) is 0 Å². The third kappa shape index (κ3) is 3.65. The summed E-state index contributed by atoms with van der Waals surface area (Å²) in [6.45, 7) is 0. The van der Waals surface area contributed by atoms with Gasteiger partial charge < -0.3 is 10.6 Å². The second kappa shape index (κ2) is 2.87. The summed E-state index contributed by atoms with van der Waals surface area (Å²) in [7, 11) is 3.09. The van der Waals surface area contributed by atoms with Crippen molar-refractivity contribution in [1.29, 1.82) is 0 Å². The van der Waals surface area contributed by atoms with Crippen LogP contribution in [-0.4, -0.2) is 5.17 Å². The summed E-state index contributed by atoms with van der Waals surface area (Å²) in [5.41, 5.74) is 6.86. The number of hydrogen-bond acceptors (Lipinski definition) is 3. The van der Waals surface area contributed by atoms with Crippen molar-refractivity contribution in [3.63, 3.8) is 0 Å². The van der Waals surface area contributed by atoms with Gasteiger partial charge in [0.25, 0.3) is 5.17 Å². The van der Waals surface area contributed by atoms with E-state index in [9.17, 15) is 0 Å². The van der Waals surface area contributed by atoms with Crippen LogP contribution in [0.2, 0.25) is 0 Å². The SMILES string of the molecule is [CH2]NOC(N)=S. The maximum Gasteiger partial charge on any atom is 0.275 e. The lowest BCUT2D eigenvalue weighted by molar-refractivity contribution is 0.229. The van der Waals surface area contributed by atoms with E-state index in [-0.39, 0.29) is 5.17 Å². The van der Waals surface area contributed by atoms with Gasteiger partial charge in [0.2, 0.25) is 0 Å². The quantitative estimate of drug-likeness (QED) is 0.350. The topological polar surface area (TPSA) is 47.3 Å². The van der Waals surface area contributed by atoms with Gasteiger partial charge in [-0.25, -0.2) is 0 Å². The Morgan fingerprint density at radius 1 is 2.00 bits per heavy atom. The van der Waals surface area contributed by atoms with Gasteiger partial charge in [-0.1, -0.05) is 0 Å². The zero-order chi connectivity index (χ0) is 4.99. The smallest absolute Gasteiger partial charge is 0.275 e. The van der Waals surface area contributed by atoms with Gasteiger partial charge in [0.15, 0.2) is 0 Å². The van der Waals surface area contributed by atoms with Crippen LogP contribution in [0.4, 0.5) is 0 Å². The van der Waals surface area contributed by atoms with Crippen molar-refractivity contribution in [1.82, 2.24) is 5.48 Å². The molecular weight excluding hydrogens is 100 g/mol. The van der Waals surface area contributed by atoms with E-state index in [1.54, 1.807) is 0 Å². The molecule has 0 aromatic heterocycles. The second-order valence-corrected chi connectivity index (χ2v) is 0.968. The molecule has 0 aliphatic carbocycles. The summed E-state index contributed by atoms with van der Waals surface area (Å²) in [5, 5.41) is -0.0509. The Balaban J connectivity index is 2.83. The average Bonchev–Trinajstić information content (AvgIpc) is 1.35. The Bertz CT molecular complexity index is 55.5. The molecule has 0 bridgehead atoms. The van der Waals surface area contributed by atoms with E-state index in [1.807, 2.05) is 0 Å². The van der Waals surface area contributed by atoms with E-state index in [0.29, 0.717) is 0 Å². The van der Waals surface area contributed by atoms with Gasteiger partial charge in [0.1, 0.15) is 0 Å². The van der Waals surface area contributed by atoms with Crippen molar-refractivity contribution in [2.24, 2.45) is 5.73 Å². The molecule has 0 aromatic rings. The summed E-state index contributed by atoms with van der Waals surface area (Å²) in [4.78, 5) is 4.19. The van der Waals surface area contributed by atoms with Gasteiger partial charge in [-0.05, 0) is 12.2 Å². The van der Waals surface area contributed by atoms with Crippen LogP contribution in [0, 0.1) is 7.05 Å². The third-order valence-corrected chi connectivity index (χ3v) is 0.256. The lowest BCUT2D eigenvalue weighted by Crippen LogP contribution is -2.18. The highest BCUT2D eigenvalue weighted by Crippen LogP contribution is 1.59. The molecule has 35 valence electrons. The molecule has 0 aliphatic rings. The molecular formula is C2H5N2OS.